The zero-order valence-corrected chi connectivity index (χ0v) is 21.3. The van der Waals surface area contributed by atoms with E-state index in [0.717, 1.165) is 60.0 Å². The van der Waals surface area contributed by atoms with E-state index in [-0.39, 0.29) is 6.04 Å². The lowest BCUT2D eigenvalue weighted by molar-refractivity contribution is -0.104. The van der Waals surface area contributed by atoms with Crippen LogP contribution in [0.1, 0.15) is 12.5 Å². The number of piperazine rings is 1. The molecule has 2 aromatic carbocycles. The normalized spacial score (nSPS) is 19.4. The maximum atomic E-state index is 14.7. The number of rotatable bonds is 2. The number of hydrogen-bond acceptors (Lipinski definition) is 6. The summed E-state index contributed by atoms with van der Waals surface area (Å²) in [6.45, 7) is 13.0. The van der Waals surface area contributed by atoms with Gasteiger partial charge in [0.25, 0.3) is 0 Å². The highest BCUT2D eigenvalue weighted by Gasteiger charge is 2.36. The van der Waals surface area contributed by atoms with Crippen molar-refractivity contribution in [3.05, 3.63) is 71.5 Å². The van der Waals surface area contributed by atoms with Crippen LogP contribution < -0.4 is 4.90 Å². The summed E-state index contributed by atoms with van der Waals surface area (Å²) >= 11 is 8.41. The number of allylic oxidation sites excluding steroid dienone is 1. The van der Waals surface area contributed by atoms with Gasteiger partial charge in [-0.3, -0.25) is 4.79 Å². The molecule has 0 spiro atoms. The van der Waals surface area contributed by atoms with Gasteiger partial charge in [0, 0.05) is 65.6 Å². The third-order valence-corrected chi connectivity index (χ3v) is 7.60. The van der Waals surface area contributed by atoms with Gasteiger partial charge in [-0.25, -0.2) is 13.8 Å². The molecule has 0 N–H and O–H groups in total. The van der Waals surface area contributed by atoms with Crippen LogP contribution in [-0.2, 0) is 4.79 Å². The summed E-state index contributed by atoms with van der Waals surface area (Å²) in [5.74, 6) is 1.13. The molecular weight excluding hydrogens is 490 g/mol. The van der Waals surface area contributed by atoms with Gasteiger partial charge in [-0.05, 0) is 38.2 Å². The van der Waals surface area contributed by atoms with E-state index in [1.165, 1.54) is 18.2 Å². The van der Waals surface area contributed by atoms with Crippen molar-refractivity contribution < 1.29 is 13.6 Å². The first-order valence-corrected chi connectivity index (χ1v) is 12.6. The summed E-state index contributed by atoms with van der Waals surface area (Å²) in [7, 11) is 2.12. The van der Waals surface area contributed by atoms with Crippen LogP contribution >= 0.6 is 23.4 Å². The predicted octanol–water partition coefficient (Wildman–Crippen LogP) is 5.44. The Balaban J connectivity index is 0.000000672. The number of aliphatic imine (C=N–C) groups is 1. The molecule has 0 bridgehead atoms. The first kappa shape index (κ1) is 25.4. The highest BCUT2D eigenvalue weighted by Crippen LogP contribution is 2.50. The van der Waals surface area contributed by atoms with E-state index in [4.69, 9.17) is 21.4 Å². The van der Waals surface area contributed by atoms with E-state index >= 15 is 0 Å². The Morgan fingerprint density at radius 3 is 2.60 bits per heavy atom. The summed E-state index contributed by atoms with van der Waals surface area (Å²) in [5, 5.41) is 0.440. The molecule has 1 unspecified atom stereocenters. The van der Waals surface area contributed by atoms with Crippen LogP contribution in [0.4, 0.5) is 14.5 Å². The van der Waals surface area contributed by atoms with Crippen molar-refractivity contribution in [3.8, 4) is 11.1 Å². The zero-order chi connectivity index (χ0) is 25.3. The Morgan fingerprint density at radius 1 is 1.20 bits per heavy atom. The Hall–Kier alpha value is -2.68. The van der Waals surface area contributed by atoms with Gasteiger partial charge in [-0.2, -0.15) is 0 Å². The summed E-state index contributed by atoms with van der Waals surface area (Å²) in [5.41, 5.74) is 2.83. The van der Waals surface area contributed by atoms with Crippen LogP contribution in [0, 0.1) is 11.6 Å². The molecule has 3 heterocycles. The summed E-state index contributed by atoms with van der Waals surface area (Å²) in [4.78, 5) is 21.6. The minimum Gasteiger partial charge on any atom is -0.351 e. The minimum absolute atomic E-state index is 0.289. The number of benzene rings is 2. The first-order chi connectivity index (χ1) is 16.8. The Labute approximate surface area is 213 Å². The average Bonchev–Trinajstić information content (AvgIpc) is 2.82. The van der Waals surface area contributed by atoms with E-state index in [1.807, 2.05) is 6.07 Å². The molecule has 3 aliphatic rings. The van der Waals surface area contributed by atoms with Crippen LogP contribution in [-0.4, -0.2) is 66.9 Å². The van der Waals surface area contributed by atoms with Gasteiger partial charge in [0.2, 0.25) is 0 Å². The number of aldehydes is 1. The van der Waals surface area contributed by atoms with E-state index in [1.54, 1.807) is 11.8 Å². The van der Waals surface area contributed by atoms with Crippen LogP contribution in [0.25, 0.3) is 11.1 Å². The van der Waals surface area contributed by atoms with Gasteiger partial charge in [0.1, 0.15) is 29.6 Å². The number of thioether (sulfide) groups is 1. The number of hydrogen-bond donors (Lipinski definition) is 0. The number of anilines is 1. The van der Waals surface area contributed by atoms with Crippen LogP contribution in [0.2, 0.25) is 5.02 Å². The van der Waals surface area contributed by atoms with Gasteiger partial charge < -0.3 is 14.7 Å². The van der Waals surface area contributed by atoms with Crippen molar-refractivity contribution in [2.24, 2.45) is 4.99 Å². The van der Waals surface area contributed by atoms with Gasteiger partial charge in [0.15, 0.2) is 0 Å². The standard InChI is InChI=1S/C23H23ClF2N4S.C3H4O/c1-13-12-28(3)6-7-29(13)23-17-11-18(24)20(16-5-4-15(25)10-19(16)26)22-21(17)30(8-9-31-22)14(2)27-23;1-2-3-4/h4-5,10-11,13H,2,6-9,12H2,1,3H3;2-3H,1H2. The molecule has 1 fully saturated rings. The molecule has 3 aliphatic heterocycles. The van der Waals surface area contributed by atoms with Crippen molar-refractivity contribution in [2.45, 2.75) is 17.9 Å². The van der Waals surface area contributed by atoms with Crippen LogP contribution in [0.5, 0.6) is 0 Å². The molecule has 1 atom stereocenters. The fraction of sp³-hybridized carbons (Fsp3) is 0.308. The van der Waals surface area contributed by atoms with Gasteiger partial charge >= 0.3 is 0 Å². The number of carbonyl (C=O) groups excluding carboxylic acids is 1. The molecular formula is C26H27ClF2N4OS. The zero-order valence-electron chi connectivity index (χ0n) is 19.7. The SMILES string of the molecule is C=C1N=C(N2CCN(C)CC2C)c2cc(Cl)c(-c3ccc(F)cc3F)c3c2N1CCS3.C=CC=O. The maximum absolute atomic E-state index is 14.7. The molecule has 0 amide bonds. The van der Waals surface area contributed by atoms with Gasteiger partial charge in [0.05, 0.1) is 10.7 Å². The van der Waals surface area contributed by atoms with E-state index in [2.05, 4.69) is 41.8 Å². The molecule has 5 nitrogen and oxygen atoms in total. The largest absolute Gasteiger partial charge is 0.351 e. The van der Waals surface area contributed by atoms with Crippen molar-refractivity contribution >= 4 is 41.2 Å². The molecule has 2 aromatic rings. The van der Waals surface area contributed by atoms with Crippen molar-refractivity contribution in [1.82, 2.24) is 9.80 Å². The van der Waals surface area contributed by atoms with Crippen molar-refractivity contribution in [3.63, 3.8) is 0 Å². The summed E-state index contributed by atoms with van der Waals surface area (Å²) in [6.07, 6.45) is 1.83. The fourth-order valence-corrected chi connectivity index (χ4v) is 6.22. The Bertz CT molecular complexity index is 1210. The topological polar surface area (TPSA) is 39.1 Å². The third-order valence-electron chi connectivity index (χ3n) is 6.23. The molecule has 9 heteroatoms. The number of likely N-dealkylation sites (N-methyl/N-ethyl adjacent to an activating group) is 1. The van der Waals surface area contributed by atoms with E-state index in [0.29, 0.717) is 28.3 Å². The maximum Gasteiger partial charge on any atom is 0.142 e. The highest BCUT2D eigenvalue weighted by molar-refractivity contribution is 7.99. The smallest absolute Gasteiger partial charge is 0.142 e. The molecule has 5 rings (SSSR count). The average molecular weight is 517 g/mol. The van der Waals surface area contributed by atoms with E-state index in [9.17, 15) is 8.78 Å². The number of halogens is 3. The van der Waals surface area contributed by atoms with Gasteiger partial charge in [-0.1, -0.05) is 24.8 Å². The fourth-order valence-electron chi connectivity index (χ4n) is 4.66. The molecule has 35 heavy (non-hydrogen) atoms. The lowest BCUT2D eigenvalue weighted by Gasteiger charge is -2.44. The molecule has 0 aromatic heterocycles. The second kappa shape index (κ2) is 10.5. The molecule has 0 saturated carbocycles. The first-order valence-electron chi connectivity index (χ1n) is 11.3. The second-order valence-corrected chi connectivity index (χ2v) is 10.1. The lowest BCUT2D eigenvalue weighted by Crippen LogP contribution is -2.54. The molecule has 0 radical (unpaired) electrons. The number of nitrogens with zero attached hydrogens (tertiary/aromatic N) is 4. The molecule has 0 aliphatic carbocycles. The van der Waals surface area contributed by atoms with E-state index < -0.39 is 11.6 Å². The third kappa shape index (κ3) is 4.87. The summed E-state index contributed by atoms with van der Waals surface area (Å²) < 4.78 is 28.3. The number of carbonyl (C=O) groups is 1. The van der Waals surface area contributed by atoms with Crippen molar-refractivity contribution in [1.29, 1.82) is 0 Å². The molecule has 184 valence electrons. The lowest BCUT2D eigenvalue weighted by atomic mass is 9.97. The van der Waals surface area contributed by atoms with Gasteiger partial charge in [-0.15, -0.1) is 11.8 Å². The summed E-state index contributed by atoms with van der Waals surface area (Å²) in [6, 6.07) is 5.80. The Kier molecular flexibility index (Phi) is 7.64. The Morgan fingerprint density at radius 2 is 1.94 bits per heavy atom. The second-order valence-electron chi connectivity index (χ2n) is 8.61. The van der Waals surface area contributed by atoms with Crippen LogP contribution in [0.3, 0.4) is 0 Å². The minimum atomic E-state index is -0.618. The van der Waals surface area contributed by atoms with Crippen molar-refractivity contribution in [2.75, 3.05) is 43.9 Å². The number of amidine groups is 1. The van der Waals surface area contributed by atoms with Crippen LogP contribution in [0.15, 0.2) is 59.2 Å². The predicted molar refractivity (Wildman–Crippen MR) is 140 cm³/mol. The highest BCUT2D eigenvalue weighted by atomic mass is 35.5. The molecule has 1 saturated heterocycles. The quantitative estimate of drug-likeness (QED) is 0.393. The monoisotopic (exact) mass is 516 g/mol.